The molecular formula is C15H24N4O. The Hall–Kier alpha value is -1.49. The zero-order valence-electron chi connectivity index (χ0n) is 12.7. The molecule has 110 valence electrons. The van der Waals surface area contributed by atoms with Crippen molar-refractivity contribution in [3.05, 3.63) is 23.3 Å². The molecule has 1 fully saturated rings. The van der Waals surface area contributed by atoms with E-state index in [1.807, 2.05) is 20.8 Å². The summed E-state index contributed by atoms with van der Waals surface area (Å²) in [7, 11) is 0. The van der Waals surface area contributed by atoms with Gasteiger partial charge in [0.2, 0.25) is 0 Å². The van der Waals surface area contributed by atoms with E-state index in [0.29, 0.717) is 17.4 Å². The molecule has 1 aromatic rings. The highest BCUT2D eigenvalue weighted by Gasteiger charge is 2.23. The third-order valence-electron chi connectivity index (χ3n) is 3.69. The van der Waals surface area contributed by atoms with Crippen molar-refractivity contribution < 1.29 is 4.79 Å². The zero-order chi connectivity index (χ0) is 14.7. The molecule has 2 atom stereocenters. The highest BCUT2D eigenvalue weighted by atomic mass is 16.1. The summed E-state index contributed by atoms with van der Waals surface area (Å²) in [6.07, 6.45) is 3.59. The van der Waals surface area contributed by atoms with E-state index in [-0.39, 0.29) is 17.9 Å². The maximum atomic E-state index is 12.4. The quantitative estimate of drug-likeness (QED) is 0.883. The second-order valence-corrected chi connectivity index (χ2v) is 5.92. The monoisotopic (exact) mass is 276 g/mol. The Labute approximate surface area is 120 Å². The number of hydrogen-bond donors (Lipinski definition) is 2. The fraction of sp³-hybridized carbons (Fsp3) is 0.667. The number of carbonyl (C=O) groups is 1. The van der Waals surface area contributed by atoms with Gasteiger partial charge in [-0.1, -0.05) is 13.8 Å². The minimum atomic E-state index is -0.0483. The number of piperidine rings is 1. The van der Waals surface area contributed by atoms with E-state index >= 15 is 0 Å². The first-order valence-electron chi connectivity index (χ1n) is 7.35. The van der Waals surface area contributed by atoms with Gasteiger partial charge in [0.1, 0.15) is 5.82 Å². The van der Waals surface area contributed by atoms with Crippen LogP contribution in [0, 0.1) is 6.92 Å². The molecule has 5 nitrogen and oxygen atoms in total. The average molecular weight is 276 g/mol. The van der Waals surface area contributed by atoms with Crippen LogP contribution in [-0.4, -0.2) is 34.5 Å². The molecule has 20 heavy (non-hydrogen) atoms. The standard InChI is InChI=1S/C15H24N4O/c1-9(2)14-13(8-17-11(4)18-14)15(20)19-12-5-6-16-10(3)7-12/h8-10,12,16H,5-7H2,1-4H3,(H,19,20). The summed E-state index contributed by atoms with van der Waals surface area (Å²) in [6.45, 7) is 9.04. The molecule has 0 bridgehead atoms. The molecule has 2 N–H and O–H groups in total. The number of aromatic nitrogens is 2. The van der Waals surface area contributed by atoms with Gasteiger partial charge in [-0.2, -0.15) is 0 Å². The molecule has 0 radical (unpaired) electrons. The van der Waals surface area contributed by atoms with Crippen LogP contribution < -0.4 is 10.6 Å². The minimum absolute atomic E-state index is 0.0483. The first-order chi connectivity index (χ1) is 9.47. The van der Waals surface area contributed by atoms with Gasteiger partial charge in [-0.15, -0.1) is 0 Å². The van der Waals surface area contributed by atoms with Crippen molar-refractivity contribution in [1.29, 1.82) is 0 Å². The summed E-state index contributed by atoms with van der Waals surface area (Å²) in [5, 5.41) is 6.51. The van der Waals surface area contributed by atoms with Crippen molar-refractivity contribution >= 4 is 5.91 Å². The van der Waals surface area contributed by atoms with E-state index < -0.39 is 0 Å². The van der Waals surface area contributed by atoms with E-state index in [1.165, 1.54) is 0 Å². The van der Waals surface area contributed by atoms with Crippen LogP contribution in [-0.2, 0) is 0 Å². The molecule has 2 heterocycles. The Morgan fingerprint density at radius 3 is 2.90 bits per heavy atom. The lowest BCUT2D eigenvalue weighted by molar-refractivity contribution is 0.0923. The van der Waals surface area contributed by atoms with Gasteiger partial charge in [-0.3, -0.25) is 4.79 Å². The molecule has 0 saturated carbocycles. The van der Waals surface area contributed by atoms with E-state index in [2.05, 4.69) is 27.5 Å². The Morgan fingerprint density at radius 1 is 1.50 bits per heavy atom. The van der Waals surface area contributed by atoms with Gasteiger partial charge in [0.05, 0.1) is 11.3 Å². The first-order valence-corrected chi connectivity index (χ1v) is 7.35. The lowest BCUT2D eigenvalue weighted by atomic mass is 9.99. The van der Waals surface area contributed by atoms with Crippen LogP contribution in [0.4, 0.5) is 0 Å². The molecule has 0 aromatic carbocycles. The third kappa shape index (κ3) is 3.54. The molecule has 1 amide bonds. The van der Waals surface area contributed by atoms with Crippen molar-refractivity contribution in [3.8, 4) is 0 Å². The first kappa shape index (κ1) is 14.9. The summed E-state index contributed by atoms with van der Waals surface area (Å²) < 4.78 is 0. The molecule has 0 aliphatic carbocycles. The Balaban J connectivity index is 2.12. The number of carbonyl (C=O) groups excluding carboxylic acids is 1. The second-order valence-electron chi connectivity index (χ2n) is 5.92. The van der Waals surface area contributed by atoms with Gasteiger partial charge in [0, 0.05) is 18.3 Å². The van der Waals surface area contributed by atoms with Crippen LogP contribution >= 0.6 is 0 Å². The van der Waals surface area contributed by atoms with E-state index in [9.17, 15) is 4.79 Å². The Morgan fingerprint density at radius 2 is 2.25 bits per heavy atom. The van der Waals surface area contributed by atoms with Crippen LogP contribution in [0.25, 0.3) is 0 Å². The van der Waals surface area contributed by atoms with Crippen molar-refractivity contribution in [1.82, 2.24) is 20.6 Å². The molecule has 1 aliphatic heterocycles. The van der Waals surface area contributed by atoms with E-state index in [4.69, 9.17) is 0 Å². The lowest BCUT2D eigenvalue weighted by Crippen LogP contribution is -2.46. The highest BCUT2D eigenvalue weighted by molar-refractivity contribution is 5.95. The van der Waals surface area contributed by atoms with E-state index in [0.717, 1.165) is 25.1 Å². The molecule has 0 spiro atoms. The normalized spacial score (nSPS) is 22.9. The van der Waals surface area contributed by atoms with Gasteiger partial charge in [0.15, 0.2) is 0 Å². The summed E-state index contributed by atoms with van der Waals surface area (Å²) in [5.74, 6) is 0.873. The summed E-state index contributed by atoms with van der Waals surface area (Å²) in [5.41, 5.74) is 1.44. The zero-order valence-corrected chi connectivity index (χ0v) is 12.7. The van der Waals surface area contributed by atoms with E-state index in [1.54, 1.807) is 6.20 Å². The second kappa shape index (κ2) is 6.31. The predicted octanol–water partition coefficient (Wildman–Crippen LogP) is 1.78. The van der Waals surface area contributed by atoms with Gasteiger partial charge in [-0.25, -0.2) is 9.97 Å². The molecule has 1 aliphatic rings. The van der Waals surface area contributed by atoms with Crippen molar-refractivity contribution in [2.75, 3.05) is 6.54 Å². The smallest absolute Gasteiger partial charge is 0.254 e. The van der Waals surface area contributed by atoms with Crippen molar-refractivity contribution in [3.63, 3.8) is 0 Å². The number of nitrogens with one attached hydrogen (secondary N) is 2. The maximum Gasteiger partial charge on any atom is 0.254 e. The molecule has 1 saturated heterocycles. The summed E-state index contributed by atoms with van der Waals surface area (Å²) in [4.78, 5) is 21.0. The number of rotatable bonds is 3. The SMILES string of the molecule is Cc1ncc(C(=O)NC2CCNC(C)C2)c(C(C)C)n1. The highest BCUT2D eigenvalue weighted by Crippen LogP contribution is 2.17. The van der Waals surface area contributed by atoms with Crippen LogP contribution in [0.2, 0.25) is 0 Å². The van der Waals surface area contributed by atoms with Gasteiger partial charge in [-0.05, 0) is 39.2 Å². The van der Waals surface area contributed by atoms with Crippen LogP contribution in [0.1, 0.15) is 61.4 Å². The van der Waals surface area contributed by atoms with Crippen molar-refractivity contribution in [2.45, 2.75) is 58.5 Å². The third-order valence-corrected chi connectivity index (χ3v) is 3.69. The fourth-order valence-electron chi connectivity index (χ4n) is 2.63. The topological polar surface area (TPSA) is 66.9 Å². The molecule has 2 rings (SSSR count). The Bertz CT molecular complexity index is 487. The molecule has 5 heteroatoms. The number of nitrogens with zero attached hydrogens (tertiary/aromatic N) is 2. The maximum absolute atomic E-state index is 12.4. The van der Waals surface area contributed by atoms with Gasteiger partial charge in [0.25, 0.3) is 5.91 Å². The van der Waals surface area contributed by atoms with Crippen molar-refractivity contribution in [2.24, 2.45) is 0 Å². The number of amides is 1. The molecular weight excluding hydrogens is 252 g/mol. The average Bonchev–Trinajstić information content (AvgIpc) is 2.38. The van der Waals surface area contributed by atoms with Gasteiger partial charge >= 0.3 is 0 Å². The fourth-order valence-corrected chi connectivity index (χ4v) is 2.63. The molecule has 1 aromatic heterocycles. The number of hydrogen-bond acceptors (Lipinski definition) is 4. The Kier molecular flexibility index (Phi) is 4.70. The van der Waals surface area contributed by atoms with Gasteiger partial charge < -0.3 is 10.6 Å². The predicted molar refractivity (Wildman–Crippen MR) is 78.8 cm³/mol. The van der Waals surface area contributed by atoms with Crippen LogP contribution in [0.5, 0.6) is 0 Å². The molecule has 2 unspecified atom stereocenters. The summed E-state index contributed by atoms with van der Waals surface area (Å²) >= 11 is 0. The lowest BCUT2D eigenvalue weighted by Gasteiger charge is -2.28. The summed E-state index contributed by atoms with van der Waals surface area (Å²) in [6, 6.07) is 0.688. The van der Waals surface area contributed by atoms with Crippen LogP contribution in [0.15, 0.2) is 6.20 Å². The largest absolute Gasteiger partial charge is 0.349 e. The minimum Gasteiger partial charge on any atom is -0.349 e. The number of aryl methyl sites for hydroxylation is 1. The van der Waals surface area contributed by atoms with Crippen LogP contribution in [0.3, 0.4) is 0 Å².